The van der Waals surface area contributed by atoms with Crippen LogP contribution in [0, 0.1) is 5.92 Å². The van der Waals surface area contributed by atoms with Gasteiger partial charge < -0.3 is 10.6 Å². The third kappa shape index (κ3) is 3.38. The molecule has 3 nitrogen and oxygen atoms in total. The number of carbonyl (C=O) groups is 1. The van der Waals surface area contributed by atoms with Crippen molar-refractivity contribution in [3.63, 3.8) is 0 Å². The Morgan fingerprint density at radius 2 is 2.12 bits per heavy atom. The zero-order chi connectivity index (χ0) is 12.5. The molecular weight excluding hydrogens is 232 g/mol. The van der Waals surface area contributed by atoms with Gasteiger partial charge in [0.1, 0.15) is 0 Å². The van der Waals surface area contributed by atoms with Gasteiger partial charge in [-0.1, -0.05) is 13.8 Å². The molecule has 1 saturated carbocycles. The van der Waals surface area contributed by atoms with Crippen LogP contribution >= 0.6 is 11.8 Å². The highest BCUT2D eigenvalue weighted by Crippen LogP contribution is 2.32. The van der Waals surface area contributed by atoms with Crippen molar-refractivity contribution in [3.05, 3.63) is 0 Å². The molecule has 1 aliphatic carbocycles. The van der Waals surface area contributed by atoms with Gasteiger partial charge in [-0.3, -0.25) is 4.79 Å². The maximum atomic E-state index is 12.4. The molecule has 17 heavy (non-hydrogen) atoms. The molecule has 2 N–H and O–H groups in total. The molecule has 1 aliphatic heterocycles. The Hall–Kier alpha value is -0.220. The molecule has 1 saturated heterocycles. The number of rotatable bonds is 1. The molecule has 0 aromatic carbocycles. The number of thioether (sulfide) groups is 1. The third-order valence-corrected chi connectivity index (χ3v) is 5.34. The van der Waals surface area contributed by atoms with Crippen LogP contribution in [0.1, 0.15) is 39.5 Å². The number of nitrogens with zero attached hydrogens (tertiary/aromatic N) is 1. The topological polar surface area (TPSA) is 46.3 Å². The van der Waals surface area contributed by atoms with Gasteiger partial charge in [0.25, 0.3) is 0 Å². The van der Waals surface area contributed by atoms with E-state index in [2.05, 4.69) is 18.7 Å². The maximum absolute atomic E-state index is 12.4. The number of amides is 1. The molecule has 1 heterocycles. The van der Waals surface area contributed by atoms with E-state index in [1.807, 2.05) is 11.8 Å². The maximum Gasteiger partial charge on any atom is 0.225 e. The van der Waals surface area contributed by atoms with Crippen LogP contribution in [0.15, 0.2) is 0 Å². The van der Waals surface area contributed by atoms with Crippen LogP contribution in [-0.4, -0.2) is 40.4 Å². The van der Waals surface area contributed by atoms with E-state index in [9.17, 15) is 4.79 Å². The highest BCUT2D eigenvalue weighted by atomic mass is 32.2. The summed E-state index contributed by atoms with van der Waals surface area (Å²) in [5.41, 5.74) is 5.89. The normalized spacial score (nSPS) is 33.5. The van der Waals surface area contributed by atoms with E-state index in [4.69, 9.17) is 5.73 Å². The molecule has 2 rings (SSSR count). The predicted molar refractivity (Wildman–Crippen MR) is 73.1 cm³/mol. The Bertz CT molecular complexity index is 293. The first-order valence-corrected chi connectivity index (χ1v) is 7.65. The quantitative estimate of drug-likeness (QED) is 0.779. The number of nitrogens with two attached hydrogens (primary N) is 1. The molecule has 2 atom stereocenters. The van der Waals surface area contributed by atoms with Crippen LogP contribution in [-0.2, 0) is 4.79 Å². The molecule has 2 fully saturated rings. The fraction of sp³-hybridized carbons (Fsp3) is 0.923. The summed E-state index contributed by atoms with van der Waals surface area (Å²) >= 11 is 1.99. The summed E-state index contributed by atoms with van der Waals surface area (Å²) in [6, 6.07) is 0.252. The van der Waals surface area contributed by atoms with Crippen molar-refractivity contribution in [2.45, 2.75) is 50.3 Å². The number of carbonyl (C=O) groups excluding carboxylic acids is 1. The van der Waals surface area contributed by atoms with Crippen LogP contribution in [0.3, 0.4) is 0 Å². The van der Waals surface area contributed by atoms with E-state index in [0.717, 1.165) is 44.5 Å². The second kappa shape index (κ2) is 5.19. The molecule has 0 bridgehead atoms. The highest BCUT2D eigenvalue weighted by Gasteiger charge is 2.33. The van der Waals surface area contributed by atoms with Gasteiger partial charge in [0.2, 0.25) is 5.91 Å². The molecular formula is C13H24N2OS. The second-order valence-electron chi connectivity index (χ2n) is 5.95. The van der Waals surface area contributed by atoms with Crippen LogP contribution in [0.4, 0.5) is 0 Å². The molecule has 0 radical (unpaired) electrons. The highest BCUT2D eigenvalue weighted by molar-refractivity contribution is 8.00. The number of hydrogen-bond donors (Lipinski definition) is 1. The minimum Gasteiger partial charge on any atom is -0.342 e. The van der Waals surface area contributed by atoms with Gasteiger partial charge >= 0.3 is 0 Å². The molecule has 0 spiro atoms. The van der Waals surface area contributed by atoms with Gasteiger partial charge in [-0.2, -0.15) is 11.8 Å². The Balaban J connectivity index is 1.91. The first-order chi connectivity index (χ1) is 7.98. The fourth-order valence-electron chi connectivity index (χ4n) is 2.74. The van der Waals surface area contributed by atoms with Crippen molar-refractivity contribution in [1.29, 1.82) is 0 Å². The summed E-state index contributed by atoms with van der Waals surface area (Å²) in [4.78, 5) is 14.4. The van der Waals surface area contributed by atoms with E-state index in [1.54, 1.807) is 0 Å². The standard InChI is InChI=1S/C13H24N2OS/c1-13(2)5-6-15(7-8-17-13)12(16)10-3-4-11(14)9-10/h10-11H,3-9,14H2,1-2H3. The first-order valence-electron chi connectivity index (χ1n) is 6.66. The Morgan fingerprint density at radius 3 is 2.76 bits per heavy atom. The first kappa shape index (κ1) is 13.2. The molecule has 4 heteroatoms. The van der Waals surface area contributed by atoms with Gasteiger partial charge in [-0.15, -0.1) is 0 Å². The van der Waals surface area contributed by atoms with Crippen molar-refractivity contribution >= 4 is 17.7 Å². The lowest BCUT2D eigenvalue weighted by molar-refractivity contribution is -0.135. The fourth-order valence-corrected chi connectivity index (χ4v) is 3.84. The SMILES string of the molecule is CC1(C)CCN(C(=O)C2CCC(N)C2)CCS1. The molecule has 98 valence electrons. The van der Waals surface area contributed by atoms with Gasteiger partial charge in [0.05, 0.1) is 0 Å². The van der Waals surface area contributed by atoms with Crippen molar-refractivity contribution in [2.75, 3.05) is 18.8 Å². The van der Waals surface area contributed by atoms with Gasteiger partial charge in [0, 0.05) is 35.5 Å². The van der Waals surface area contributed by atoms with Crippen molar-refractivity contribution in [3.8, 4) is 0 Å². The van der Waals surface area contributed by atoms with E-state index < -0.39 is 0 Å². The molecule has 0 aromatic rings. The summed E-state index contributed by atoms with van der Waals surface area (Å²) in [6.07, 6.45) is 4.01. The lowest BCUT2D eigenvalue weighted by Crippen LogP contribution is -2.37. The molecule has 1 amide bonds. The Kier molecular flexibility index (Phi) is 4.03. The summed E-state index contributed by atoms with van der Waals surface area (Å²) in [6.45, 7) is 6.39. The molecule has 2 aliphatic rings. The van der Waals surface area contributed by atoms with Crippen molar-refractivity contribution in [2.24, 2.45) is 11.7 Å². The van der Waals surface area contributed by atoms with E-state index in [0.29, 0.717) is 10.7 Å². The van der Waals surface area contributed by atoms with Crippen LogP contribution in [0.5, 0.6) is 0 Å². The van der Waals surface area contributed by atoms with Crippen LogP contribution in [0.25, 0.3) is 0 Å². The largest absolute Gasteiger partial charge is 0.342 e. The number of hydrogen-bond acceptors (Lipinski definition) is 3. The van der Waals surface area contributed by atoms with Gasteiger partial charge in [0.15, 0.2) is 0 Å². The van der Waals surface area contributed by atoms with E-state index in [1.165, 1.54) is 0 Å². The van der Waals surface area contributed by atoms with Crippen molar-refractivity contribution < 1.29 is 4.79 Å². The summed E-state index contributed by atoms with van der Waals surface area (Å²) in [7, 11) is 0. The molecule has 0 aromatic heterocycles. The van der Waals surface area contributed by atoms with E-state index in [-0.39, 0.29) is 12.0 Å². The minimum atomic E-state index is 0.205. The van der Waals surface area contributed by atoms with Crippen LogP contribution < -0.4 is 5.73 Å². The predicted octanol–water partition coefficient (Wildman–Crippen LogP) is 1.86. The third-order valence-electron chi connectivity index (χ3n) is 3.97. The van der Waals surface area contributed by atoms with Gasteiger partial charge in [-0.05, 0) is 25.7 Å². The summed E-state index contributed by atoms with van der Waals surface area (Å²) < 4.78 is 0.321. The molecule has 2 unspecified atom stereocenters. The Morgan fingerprint density at radius 1 is 1.35 bits per heavy atom. The Labute approximate surface area is 108 Å². The van der Waals surface area contributed by atoms with Crippen molar-refractivity contribution in [1.82, 2.24) is 4.90 Å². The average Bonchev–Trinajstić information content (AvgIpc) is 2.60. The second-order valence-corrected chi connectivity index (χ2v) is 7.76. The summed E-state index contributed by atoms with van der Waals surface area (Å²) in [5.74, 6) is 1.63. The monoisotopic (exact) mass is 256 g/mol. The van der Waals surface area contributed by atoms with Crippen LogP contribution in [0.2, 0.25) is 0 Å². The lowest BCUT2D eigenvalue weighted by Gasteiger charge is -2.25. The zero-order valence-electron chi connectivity index (χ0n) is 10.9. The average molecular weight is 256 g/mol. The lowest BCUT2D eigenvalue weighted by atomic mass is 10.0. The summed E-state index contributed by atoms with van der Waals surface area (Å²) in [5, 5.41) is 0. The van der Waals surface area contributed by atoms with Gasteiger partial charge in [-0.25, -0.2) is 0 Å². The zero-order valence-corrected chi connectivity index (χ0v) is 11.8. The van der Waals surface area contributed by atoms with E-state index >= 15 is 0 Å². The smallest absolute Gasteiger partial charge is 0.225 e. The minimum absolute atomic E-state index is 0.205.